The first-order valence-electron chi connectivity index (χ1n) is 8.37. The topological polar surface area (TPSA) is 121 Å². The maximum Gasteiger partial charge on any atom is 0.284 e. The Morgan fingerprint density at radius 1 is 1.25 bits per heavy atom. The van der Waals surface area contributed by atoms with Gasteiger partial charge in [-0.25, -0.2) is 5.43 Å². The Kier molecular flexibility index (Phi) is 5.95. The first kappa shape index (κ1) is 19.0. The molecule has 0 bridgehead atoms. The van der Waals surface area contributed by atoms with E-state index in [9.17, 15) is 9.59 Å². The molecule has 1 heterocycles. The maximum absolute atomic E-state index is 12.2. The molecule has 0 fully saturated rings. The van der Waals surface area contributed by atoms with Crippen molar-refractivity contribution in [1.82, 2.24) is 5.43 Å². The van der Waals surface area contributed by atoms with Gasteiger partial charge in [0.15, 0.2) is 29.6 Å². The van der Waals surface area contributed by atoms with Crippen LogP contribution in [0.15, 0.2) is 47.6 Å². The minimum Gasteiger partial charge on any atom is -0.493 e. The molecular formula is C19H19N3O6. The number of methoxy groups -OCH3 is 1. The molecule has 3 N–H and O–H groups in total. The van der Waals surface area contributed by atoms with Crippen molar-refractivity contribution in [2.24, 2.45) is 10.8 Å². The molecule has 0 aromatic heterocycles. The lowest BCUT2D eigenvalue weighted by atomic mass is 10.2. The fourth-order valence-corrected chi connectivity index (χ4v) is 2.42. The fourth-order valence-electron chi connectivity index (χ4n) is 2.42. The van der Waals surface area contributed by atoms with Gasteiger partial charge >= 0.3 is 0 Å². The van der Waals surface area contributed by atoms with Crippen molar-refractivity contribution < 1.29 is 28.5 Å². The third kappa shape index (κ3) is 4.70. The summed E-state index contributed by atoms with van der Waals surface area (Å²) in [5.74, 6) is 0.854. The number of para-hydroxylation sites is 2. The number of fused-ring (bicyclic) bond motifs is 1. The van der Waals surface area contributed by atoms with Gasteiger partial charge in [-0.3, -0.25) is 9.59 Å². The zero-order chi connectivity index (χ0) is 19.9. The Balaban J connectivity index is 1.58. The lowest BCUT2D eigenvalue weighted by Gasteiger charge is -2.24. The number of primary amides is 1. The lowest BCUT2D eigenvalue weighted by Crippen LogP contribution is -2.42. The van der Waals surface area contributed by atoms with Crippen LogP contribution in [0.4, 0.5) is 0 Å². The highest BCUT2D eigenvalue weighted by atomic mass is 16.6. The van der Waals surface area contributed by atoms with Gasteiger partial charge < -0.3 is 24.7 Å². The second kappa shape index (κ2) is 8.76. The molecule has 146 valence electrons. The average molecular weight is 385 g/mol. The van der Waals surface area contributed by atoms with E-state index in [1.54, 1.807) is 36.4 Å². The molecule has 0 saturated heterocycles. The molecule has 2 aromatic rings. The van der Waals surface area contributed by atoms with E-state index >= 15 is 0 Å². The Hall–Kier alpha value is -3.75. The van der Waals surface area contributed by atoms with Gasteiger partial charge in [-0.05, 0) is 35.9 Å². The van der Waals surface area contributed by atoms with Crippen molar-refractivity contribution in [3.8, 4) is 23.0 Å². The molecule has 28 heavy (non-hydrogen) atoms. The van der Waals surface area contributed by atoms with Gasteiger partial charge in [0.2, 0.25) is 6.10 Å². The summed E-state index contributed by atoms with van der Waals surface area (Å²) in [5.41, 5.74) is 8.12. The van der Waals surface area contributed by atoms with Crippen LogP contribution in [0.5, 0.6) is 23.0 Å². The van der Waals surface area contributed by atoms with E-state index in [4.69, 9.17) is 24.7 Å². The number of hydrogen-bond acceptors (Lipinski definition) is 7. The molecule has 3 rings (SSSR count). The zero-order valence-electron chi connectivity index (χ0n) is 15.1. The van der Waals surface area contributed by atoms with Crippen LogP contribution in [0.3, 0.4) is 0 Å². The predicted octanol–water partition coefficient (Wildman–Crippen LogP) is 0.849. The number of benzene rings is 2. The first-order valence-corrected chi connectivity index (χ1v) is 8.37. The van der Waals surface area contributed by atoms with Crippen LogP contribution >= 0.6 is 0 Å². The summed E-state index contributed by atoms with van der Waals surface area (Å²) in [6.45, 7) is -0.162. The fraction of sp³-hybridized carbons (Fsp3) is 0.211. The first-order chi connectivity index (χ1) is 13.6. The number of rotatable bonds is 7. The second-order valence-electron chi connectivity index (χ2n) is 5.76. The summed E-state index contributed by atoms with van der Waals surface area (Å²) in [4.78, 5) is 23.0. The van der Waals surface area contributed by atoms with E-state index in [-0.39, 0.29) is 13.2 Å². The molecule has 1 aliphatic heterocycles. The Bertz CT molecular complexity index is 899. The number of nitrogens with two attached hydrogens (primary N) is 1. The number of ether oxygens (including phenoxy) is 4. The van der Waals surface area contributed by atoms with Crippen LogP contribution < -0.4 is 30.1 Å². The number of carbonyl (C=O) groups is 2. The number of nitrogens with zero attached hydrogens (tertiary/aromatic N) is 1. The van der Waals surface area contributed by atoms with Gasteiger partial charge in [-0.15, -0.1) is 0 Å². The smallest absolute Gasteiger partial charge is 0.284 e. The van der Waals surface area contributed by atoms with E-state index in [0.717, 1.165) is 0 Å². The van der Waals surface area contributed by atoms with Crippen LogP contribution in [-0.4, -0.2) is 44.5 Å². The normalized spacial score (nSPS) is 15.1. The van der Waals surface area contributed by atoms with Crippen LogP contribution in [-0.2, 0) is 9.59 Å². The molecule has 0 aliphatic carbocycles. The molecule has 1 atom stereocenters. The number of carbonyl (C=O) groups excluding carboxylic acids is 2. The molecule has 0 saturated carbocycles. The van der Waals surface area contributed by atoms with Crippen LogP contribution in [0.1, 0.15) is 5.56 Å². The van der Waals surface area contributed by atoms with Crippen LogP contribution in [0, 0.1) is 0 Å². The maximum atomic E-state index is 12.2. The van der Waals surface area contributed by atoms with E-state index in [1.807, 2.05) is 6.07 Å². The molecule has 0 radical (unpaired) electrons. The summed E-state index contributed by atoms with van der Waals surface area (Å²) in [6, 6.07) is 12.1. The van der Waals surface area contributed by atoms with Gasteiger partial charge in [0.1, 0.15) is 6.61 Å². The largest absolute Gasteiger partial charge is 0.493 e. The van der Waals surface area contributed by atoms with E-state index in [0.29, 0.717) is 28.6 Å². The number of nitrogens with one attached hydrogen (secondary N) is 1. The molecule has 0 spiro atoms. The standard InChI is InChI=1S/C19H19N3O6/c1-25-16-8-12(6-7-14(16)27-11-18(20)23)9-21-22-19(24)17-10-26-13-4-2-3-5-15(13)28-17/h2-9,17H,10-11H2,1H3,(H2,20,23)(H,22,24)/b21-9-/t17-/m0/s1. The van der Waals surface area contributed by atoms with Gasteiger partial charge in [-0.2, -0.15) is 5.10 Å². The van der Waals surface area contributed by atoms with Crippen molar-refractivity contribution >= 4 is 18.0 Å². The minimum absolute atomic E-state index is 0.0953. The number of amides is 2. The molecule has 0 unspecified atom stereocenters. The molecule has 1 aliphatic rings. The predicted molar refractivity (Wildman–Crippen MR) is 99.8 cm³/mol. The van der Waals surface area contributed by atoms with E-state index < -0.39 is 17.9 Å². The van der Waals surface area contributed by atoms with Crippen molar-refractivity contribution in [1.29, 1.82) is 0 Å². The van der Waals surface area contributed by atoms with Crippen molar-refractivity contribution in [2.75, 3.05) is 20.3 Å². The molecule has 2 aromatic carbocycles. The van der Waals surface area contributed by atoms with Crippen LogP contribution in [0.25, 0.3) is 0 Å². The van der Waals surface area contributed by atoms with Crippen LogP contribution in [0.2, 0.25) is 0 Å². The number of hydrazone groups is 1. The van der Waals surface area contributed by atoms with Crippen molar-refractivity contribution in [3.63, 3.8) is 0 Å². The second-order valence-corrected chi connectivity index (χ2v) is 5.76. The summed E-state index contributed by atoms with van der Waals surface area (Å²) >= 11 is 0. The Morgan fingerprint density at radius 2 is 2.04 bits per heavy atom. The minimum atomic E-state index is -0.800. The Morgan fingerprint density at radius 3 is 2.79 bits per heavy atom. The summed E-state index contributed by atoms with van der Waals surface area (Å²) < 4.78 is 21.6. The average Bonchev–Trinajstić information content (AvgIpc) is 2.72. The Labute approximate surface area is 161 Å². The monoisotopic (exact) mass is 385 g/mol. The van der Waals surface area contributed by atoms with Gasteiger partial charge in [0, 0.05) is 0 Å². The third-order valence-electron chi connectivity index (χ3n) is 3.75. The quantitative estimate of drug-likeness (QED) is 0.538. The highest BCUT2D eigenvalue weighted by Crippen LogP contribution is 2.31. The third-order valence-corrected chi connectivity index (χ3v) is 3.75. The molecule has 9 heteroatoms. The SMILES string of the molecule is COc1cc(/C=N\NC(=O)[C@@H]2COc3ccccc3O2)ccc1OCC(N)=O. The van der Waals surface area contributed by atoms with E-state index in [2.05, 4.69) is 10.5 Å². The van der Waals surface area contributed by atoms with Gasteiger partial charge in [0.25, 0.3) is 11.8 Å². The van der Waals surface area contributed by atoms with Crippen molar-refractivity contribution in [3.05, 3.63) is 48.0 Å². The van der Waals surface area contributed by atoms with E-state index in [1.165, 1.54) is 13.3 Å². The van der Waals surface area contributed by atoms with Crippen molar-refractivity contribution in [2.45, 2.75) is 6.10 Å². The lowest BCUT2D eigenvalue weighted by molar-refractivity contribution is -0.130. The summed E-state index contributed by atoms with van der Waals surface area (Å²) in [6.07, 6.45) is 0.641. The highest BCUT2D eigenvalue weighted by Gasteiger charge is 2.26. The highest BCUT2D eigenvalue weighted by molar-refractivity contribution is 5.85. The zero-order valence-corrected chi connectivity index (χ0v) is 15.1. The molecule has 9 nitrogen and oxygen atoms in total. The summed E-state index contributed by atoms with van der Waals surface area (Å²) in [5, 5.41) is 3.92. The molecule has 2 amide bonds. The molecular weight excluding hydrogens is 366 g/mol. The van der Waals surface area contributed by atoms with Gasteiger partial charge in [-0.1, -0.05) is 12.1 Å². The van der Waals surface area contributed by atoms with Gasteiger partial charge in [0.05, 0.1) is 13.3 Å². The number of hydrogen-bond donors (Lipinski definition) is 2. The summed E-state index contributed by atoms with van der Waals surface area (Å²) in [7, 11) is 1.47.